The molecule has 36 heavy (non-hydrogen) atoms. The zero-order valence-corrected chi connectivity index (χ0v) is 21.3. The van der Waals surface area contributed by atoms with Crippen LogP contribution in [0.3, 0.4) is 0 Å². The molecule has 0 aliphatic rings. The number of hydrogen-bond donors (Lipinski definition) is 3. The van der Waals surface area contributed by atoms with Crippen molar-refractivity contribution in [3.05, 3.63) is 94.3 Å². The number of aliphatic hydroxyl groups excluding tert-OH is 1. The van der Waals surface area contributed by atoms with E-state index >= 15 is 0 Å². The molecule has 0 bridgehead atoms. The third-order valence-electron chi connectivity index (χ3n) is 5.69. The summed E-state index contributed by atoms with van der Waals surface area (Å²) in [5.74, 6) is -0.276. The van der Waals surface area contributed by atoms with Gasteiger partial charge in [-0.05, 0) is 75.2 Å². The van der Waals surface area contributed by atoms with Crippen LogP contribution in [0.15, 0.2) is 66.7 Å². The van der Waals surface area contributed by atoms with Crippen LogP contribution in [0.25, 0.3) is 0 Å². The second-order valence-electron chi connectivity index (χ2n) is 9.28. The maximum atomic E-state index is 14.2. The van der Waals surface area contributed by atoms with Crippen molar-refractivity contribution >= 4 is 17.6 Å². The lowest BCUT2D eigenvalue weighted by molar-refractivity contribution is -0.00482. The summed E-state index contributed by atoms with van der Waals surface area (Å²) in [4.78, 5) is 11.0. The number of aliphatic hydroxyl groups is 1. The largest absolute Gasteiger partial charge is 0.478 e. The summed E-state index contributed by atoms with van der Waals surface area (Å²) in [6.07, 6.45) is -0.721. The second-order valence-corrected chi connectivity index (χ2v) is 9.71. The highest BCUT2D eigenvalue weighted by Gasteiger charge is 2.22. The minimum atomic E-state index is -1.00. The fourth-order valence-corrected chi connectivity index (χ4v) is 3.86. The van der Waals surface area contributed by atoms with Gasteiger partial charge in [0, 0.05) is 22.7 Å². The summed E-state index contributed by atoms with van der Waals surface area (Å²) in [5.41, 5.74) is 1.05. The van der Waals surface area contributed by atoms with E-state index in [4.69, 9.17) is 26.2 Å². The van der Waals surface area contributed by atoms with Crippen LogP contribution in [0.5, 0.6) is 11.5 Å². The van der Waals surface area contributed by atoms with Gasteiger partial charge in [-0.3, -0.25) is 0 Å². The molecule has 3 aromatic rings. The van der Waals surface area contributed by atoms with Crippen LogP contribution in [0.4, 0.5) is 4.39 Å². The quantitative estimate of drug-likeness (QED) is 0.273. The summed E-state index contributed by atoms with van der Waals surface area (Å²) < 4.78 is 26.0. The number of rotatable bonds is 12. The zero-order chi connectivity index (χ0) is 26.3. The number of benzene rings is 3. The number of para-hydroxylation sites is 1. The van der Waals surface area contributed by atoms with Gasteiger partial charge >= 0.3 is 5.97 Å². The molecule has 0 fully saturated rings. The molecular formula is C28H31ClFNO5. The number of ether oxygens (including phenoxy) is 2. The normalized spacial score (nSPS) is 13.3. The molecule has 0 radical (unpaired) electrons. The molecule has 0 amide bonds. The number of aromatic carboxylic acids is 1. The molecule has 0 aliphatic heterocycles. The highest BCUT2D eigenvalue weighted by atomic mass is 35.5. The number of halogens is 2. The number of nitrogens with one attached hydrogen (secondary N) is 1. The van der Waals surface area contributed by atoms with E-state index in [1.54, 1.807) is 30.3 Å². The molecule has 3 rings (SSSR count). The van der Waals surface area contributed by atoms with Gasteiger partial charge in [0.05, 0.1) is 24.4 Å². The molecule has 3 N–H and O–H groups in total. The van der Waals surface area contributed by atoms with E-state index in [0.29, 0.717) is 28.5 Å². The Morgan fingerprint density at radius 2 is 1.81 bits per heavy atom. The van der Waals surface area contributed by atoms with Crippen molar-refractivity contribution in [1.82, 2.24) is 5.32 Å². The molecule has 0 aromatic heterocycles. The Bertz CT molecular complexity index is 1170. The molecule has 8 heteroatoms. The van der Waals surface area contributed by atoms with Gasteiger partial charge in [-0.1, -0.05) is 35.9 Å². The van der Waals surface area contributed by atoms with Crippen molar-refractivity contribution in [1.29, 1.82) is 0 Å². The van der Waals surface area contributed by atoms with Crippen LogP contribution in [-0.2, 0) is 11.2 Å². The van der Waals surface area contributed by atoms with E-state index in [0.717, 1.165) is 5.56 Å². The van der Waals surface area contributed by atoms with Gasteiger partial charge in [0.25, 0.3) is 0 Å². The smallest absolute Gasteiger partial charge is 0.335 e. The Morgan fingerprint density at radius 3 is 2.47 bits per heavy atom. The predicted molar refractivity (Wildman–Crippen MR) is 137 cm³/mol. The maximum Gasteiger partial charge on any atom is 0.335 e. The lowest BCUT2D eigenvalue weighted by atomic mass is 9.94. The predicted octanol–water partition coefficient (Wildman–Crippen LogP) is 6.02. The molecule has 2 atom stereocenters. The van der Waals surface area contributed by atoms with Crippen LogP contribution >= 0.6 is 11.6 Å². The standard InChI is InChI=1S/C28H31ClFNO5/c1-18(24-6-4-5-7-26(24)36-23-12-9-19(10-13-23)27(33)34)35-17-22(32)16-31-28(2,3)15-20-8-11-21(29)14-25(20)30/h4-14,18,22,31-32H,15-17H2,1-3H3,(H,33,34)/t18-,22-/m1/s1. The maximum absolute atomic E-state index is 14.2. The van der Waals surface area contributed by atoms with Crippen LogP contribution < -0.4 is 10.1 Å². The Kier molecular flexibility index (Phi) is 9.45. The fourth-order valence-electron chi connectivity index (χ4n) is 3.70. The summed E-state index contributed by atoms with van der Waals surface area (Å²) >= 11 is 5.83. The number of carboxylic acid groups (broad SMARTS) is 1. The molecule has 0 saturated carbocycles. The Labute approximate surface area is 215 Å². The van der Waals surface area contributed by atoms with E-state index in [2.05, 4.69) is 5.32 Å². The van der Waals surface area contributed by atoms with Crippen LogP contribution in [0.1, 0.15) is 48.4 Å². The first kappa shape index (κ1) is 27.6. The van der Waals surface area contributed by atoms with E-state index in [-0.39, 0.29) is 30.6 Å². The Hall–Kier alpha value is -2.97. The molecule has 0 aliphatic carbocycles. The van der Waals surface area contributed by atoms with Gasteiger partial charge in [0.15, 0.2) is 0 Å². The lowest BCUT2D eigenvalue weighted by Crippen LogP contribution is -2.46. The fraction of sp³-hybridized carbons (Fsp3) is 0.321. The molecule has 0 unspecified atom stereocenters. The van der Waals surface area contributed by atoms with Gasteiger partial charge in [0.1, 0.15) is 17.3 Å². The zero-order valence-electron chi connectivity index (χ0n) is 20.5. The van der Waals surface area contributed by atoms with E-state index in [1.807, 2.05) is 39.0 Å². The van der Waals surface area contributed by atoms with Crippen LogP contribution in [0, 0.1) is 5.82 Å². The first-order valence-electron chi connectivity index (χ1n) is 11.6. The van der Waals surface area contributed by atoms with Crippen LogP contribution in [-0.4, -0.2) is 41.0 Å². The molecule has 0 saturated heterocycles. The van der Waals surface area contributed by atoms with Gasteiger partial charge in [-0.15, -0.1) is 0 Å². The lowest BCUT2D eigenvalue weighted by Gasteiger charge is -2.28. The van der Waals surface area contributed by atoms with Gasteiger partial charge in [0.2, 0.25) is 0 Å². The molecule has 3 aromatic carbocycles. The van der Waals surface area contributed by atoms with Crippen molar-refractivity contribution in [2.45, 2.75) is 44.9 Å². The average Bonchev–Trinajstić information content (AvgIpc) is 2.84. The van der Waals surface area contributed by atoms with Gasteiger partial charge < -0.3 is 25.0 Å². The highest BCUT2D eigenvalue weighted by Crippen LogP contribution is 2.31. The van der Waals surface area contributed by atoms with Crippen molar-refractivity contribution in [3.8, 4) is 11.5 Å². The van der Waals surface area contributed by atoms with E-state index in [9.17, 15) is 14.3 Å². The van der Waals surface area contributed by atoms with E-state index in [1.165, 1.54) is 18.2 Å². The third kappa shape index (κ3) is 8.03. The third-order valence-corrected chi connectivity index (χ3v) is 5.92. The topological polar surface area (TPSA) is 88.0 Å². The summed E-state index contributed by atoms with van der Waals surface area (Å²) in [6, 6.07) is 18.2. The van der Waals surface area contributed by atoms with Crippen molar-refractivity contribution in [3.63, 3.8) is 0 Å². The summed E-state index contributed by atoms with van der Waals surface area (Å²) in [6.45, 7) is 6.09. The number of β-amino-alcohol motifs (C(OH)–C–C–N with tert-alkyl or cyclic N) is 1. The van der Waals surface area contributed by atoms with Crippen molar-refractivity contribution in [2.24, 2.45) is 0 Å². The SMILES string of the molecule is C[C@@H](OC[C@H](O)CNC(C)(C)Cc1ccc(Cl)cc1F)c1ccccc1Oc1ccc(C(=O)O)cc1. The second kappa shape index (κ2) is 12.3. The minimum Gasteiger partial charge on any atom is -0.478 e. The molecular weight excluding hydrogens is 485 g/mol. The van der Waals surface area contributed by atoms with Crippen LogP contribution in [0.2, 0.25) is 5.02 Å². The first-order valence-corrected chi connectivity index (χ1v) is 12.0. The minimum absolute atomic E-state index is 0.0845. The molecule has 0 spiro atoms. The highest BCUT2D eigenvalue weighted by molar-refractivity contribution is 6.30. The monoisotopic (exact) mass is 515 g/mol. The number of hydrogen-bond acceptors (Lipinski definition) is 5. The van der Waals surface area contributed by atoms with Crippen molar-refractivity contribution < 1.29 is 28.9 Å². The number of carboxylic acids is 1. The van der Waals surface area contributed by atoms with E-state index < -0.39 is 17.6 Å². The average molecular weight is 516 g/mol. The molecule has 192 valence electrons. The molecule has 0 heterocycles. The summed E-state index contributed by atoms with van der Waals surface area (Å²) in [7, 11) is 0. The Morgan fingerprint density at radius 1 is 1.11 bits per heavy atom. The summed E-state index contributed by atoms with van der Waals surface area (Å²) in [5, 5.41) is 23.2. The number of carbonyl (C=O) groups is 1. The van der Waals surface area contributed by atoms with Crippen molar-refractivity contribution in [2.75, 3.05) is 13.2 Å². The van der Waals surface area contributed by atoms with Gasteiger partial charge in [-0.25, -0.2) is 9.18 Å². The van der Waals surface area contributed by atoms with Gasteiger partial charge in [-0.2, -0.15) is 0 Å². The molecule has 6 nitrogen and oxygen atoms in total. The first-order chi connectivity index (χ1) is 17.0. The Balaban J connectivity index is 1.53.